The molecule has 0 saturated heterocycles. The van der Waals surface area contributed by atoms with E-state index in [0.717, 1.165) is 0 Å². The maximum Gasteiger partial charge on any atom is 0.253 e. The Labute approximate surface area is 79.7 Å². The molecule has 0 aliphatic carbocycles. The molecule has 0 aliphatic heterocycles. The maximum atomic E-state index is 11.2. The third-order valence-corrected chi connectivity index (χ3v) is 3.89. The standard InChI is InChI=1S/C8H17NO3S/c1-4-8(5-2,6-10)7-13(11,12)9-3/h10H,3-7H2,1-2H3. The van der Waals surface area contributed by atoms with Crippen molar-refractivity contribution >= 4 is 16.7 Å². The average Bonchev–Trinajstić information content (AvgIpc) is 2.14. The summed E-state index contributed by atoms with van der Waals surface area (Å²) in [6.07, 6.45) is 1.24. The number of sulfonamides is 1. The lowest BCUT2D eigenvalue weighted by Crippen LogP contribution is -2.31. The van der Waals surface area contributed by atoms with Gasteiger partial charge in [0.1, 0.15) is 0 Å². The van der Waals surface area contributed by atoms with Crippen LogP contribution in [0.15, 0.2) is 4.40 Å². The average molecular weight is 207 g/mol. The van der Waals surface area contributed by atoms with E-state index < -0.39 is 15.4 Å². The van der Waals surface area contributed by atoms with Gasteiger partial charge in [-0.2, -0.15) is 4.40 Å². The van der Waals surface area contributed by atoms with Crippen molar-refractivity contribution in [3.05, 3.63) is 0 Å². The Bertz CT molecular complexity index is 246. The van der Waals surface area contributed by atoms with Gasteiger partial charge in [0.05, 0.1) is 5.75 Å². The Morgan fingerprint density at radius 3 is 2.08 bits per heavy atom. The van der Waals surface area contributed by atoms with Crippen LogP contribution < -0.4 is 0 Å². The Morgan fingerprint density at radius 1 is 1.38 bits per heavy atom. The molecule has 0 saturated carbocycles. The van der Waals surface area contributed by atoms with Crippen molar-refractivity contribution in [3.8, 4) is 0 Å². The predicted octanol–water partition coefficient (Wildman–Crippen LogP) is 0.816. The van der Waals surface area contributed by atoms with Crippen molar-refractivity contribution in [2.45, 2.75) is 26.7 Å². The van der Waals surface area contributed by atoms with Gasteiger partial charge in [-0.15, -0.1) is 0 Å². The molecule has 0 rings (SSSR count). The smallest absolute Gasteiger partial charge is 0.253 e. The van der Waals surface area contributed by atoms with E-state index in [0.29, 0.717) is 12.8 Å². The lowest BCUT2D eigenvalue weighted by atomic mass is 9.86. The zero-order valence-corrected chi connectivity index (χ0v) is 8.97. The minimum Gasteiger partial charge on any atom is -0.396 e. The summed E-state index contributed by atoms with van der Waals surface area (Å²) in [5, 5.41) is 9.11. The summed E-state index contributed by atoms with van der Waals surface area (Å²) in [5.41, 5.74) is -0.556. The molecule has 0 bridgehead atoms. The summed E-state index contributed by atoms with van der Waals surface area (Å²) in [6.45, 7) is 6.59. The number of nitrogens with zero attached hydrogens (tertiary/aromatic N) is 1. The third kappa shape index (κ3) is 3.44. The van der Waals surface area contributed by atoms with E-state index in [2.05, 4.69) is 11.1 Å². The molecule has 0 spiro atoms. The Kier molecular flexibility index (Phi) is 4.56. The molecule has 13 heavy (non-hydrogen) atoms. The SMILES string of the molecule is C=NS(=O)(=O)CC(CC)(CC)CO. The Morgan fingerprint density at radius 2 is 1.85 bits per heavy atom. The second-order valence-electron chi connectivity index (χ2n) is 3.22. The summed E-state index contributed by atoms with van der Waals surface area (Å²) in [7, 11) is -3.46. The van der Waals surface area contributed by atoms with Crippen LogP contribution in [0.4, 0.5) is 0 Å². The van der Waals surface area contributed by atoms with E-state index in [-0.39, 0.29) is 12.4 Å². The van der Waals surface area contributed by atoms with Crippen molar-refractivity contribution in [3.63, 3.8) is 0 Å². The molecule has 0 fully saturated rings. The normalized spacial score (nSPS) is 12.8. The molecule has 0 aliphatic rings. The van der Waals surface area contributed by atoms with Crippen LogP contribution in [-0.4, -0.2) is 32.6 Å². The molecule has 78 valence electrons. The zero-order chi connectivity index (χ0) is 10.5. The van der Waals surface area contributed by atoms with Gasteiger partial charge in [-0.25, -0.2) is 8.42 Å². The molecule has 0 heterocycles. The van der Waals surface area contributed by atoms with Crippen LogP contribution >= 0.6 is 0 Å². The van der Waals surface area contributed by atoms with Crippen LogP contribution in [0.2, 0.25) is 0 Å². The molecule has 0 radical (unpaired) electrons. The van der Waals surface area contributed by atoms with Crippen LogP contribution in [0.3, 0.4) is 0 Å². The highest BCUT2D eigenvalue weighted by atomic mass is 32.2. The first-order valence-electron chi connectivity index (χ1n) is 4.27. The van der Waals surface area contributed by atoms with Crippen molar-refractivity contribution in [2.75, 3.05) is 12.4 Å². The topological polar surface area (TPSA) is 66.7 Å². The predicted molar refractivity (Wildman–Crippen MR) is 53.4 cm³/mol. The molecule has 1 N–H and O–H groups in total. The summed E-state index contributed by atoms with van der Waals surface area (Å²) >= 11 is 0. The number of aliphatic hydroxyl groups excluding tert-OH is 1. The lowest BCUT2D eigenvalue weighted by molar-refractivity contribution is 0.136. The highest BCUT2D eigenvalue weighted by Gasteiger charge is 2.31. The van der Waals surface area contributed by atoms with Gasteiger partial charge >= 0.3 is 0 Å². The van der Waals surface area contributed by atoms with Crippen molar-refractivity contribution in [1.29, 1.82) is 0 Å². The summed E-state index contributed by atoms with van der Waals surface area (Å²) < 4.78 is 25.4. The first kappa shape index (κ1) is 12.6. The van der Waals surface area contributed by atoms with Crippen LogP contribution in [0.1, 0.15) is 26.7 Å². The number of rotatable bonds is 6. The fraction of sp³-hybridized carbons (Fsp3) is 0.875. The lowest BCUT2D eigenvalue weighted by Gasteiger charge is -2.27. The molecule has 0 aromatic rings. The summed E-state index contributed by atoms with van der Waals surface area (Å²) in [4.78, 5) is 0. The number of hydrogen-bond acceptors (Lipinski definition) is 3. The molecule has 0 atom stereocenters. The third-order valence-electron chi connectivity index (χ3n) is 2.52. The van der Waals surface area contributed by atoms with Crippen LogP contribution in [0.25, 0.3) is 0 Å². The van der Waals surface area contributed by atoms with E-state index in [9.17, 15) is 8.42 Å². The maximum absolute atomic E-state index is 11.2. The van der Waals surface area contributed by atoms with Gasteiger partial charge < -0.3 is 5.11 Å². The van der Waals surface area contributed by atoms with E-state index in [1.54, 1.807) is 0 Å². The highest BCUT2D eigenvalue weighted by molar-refractivity contribution is 7.90. The van der Waals surface area contributed by atoms with Gasteiger partial charge in [-0.1, -0.05) is 13.8 Å². The van der Waals surface area contributed by atoms with Gasteiger partial charge in [0.15, 0.2) is 0 Å². The highest BCUT2D eigenvalue weighted by Crippen LogP contribution is 2.27. The molecule has 0 unspecified atom stereocenters. The van der Waals surface area contributed by atoms with Crippen LogP contribution in [0.5, 0.6) is 0 Å². The summed E-state index contributed by atoms with van der Waals surface area (Å²) in [5.74, 6) is -0.118. The quantitative estimate of drug-likeness (QED) is 0.655. The van der Waals surface area contributed by atoms with E-state index in [1.165, 1.54) is 0 Å². The van der Waals surface area contributed by atoms with Crippen molar-refractivity contribution in [1.82, 2.24) is 0 Å². The van der Waals surface area contributed by atoms with Gasteiger partial charge in [-0.3, -0.25) is 0 Å². The van der Waals surface area contributed by atoms with Crippen LogP contribution in [-0.2, 0) is 10.0 Å². The van der Waals surface area contributed by atoms with Crippen molar-refractivity contribution in [2.24, 2.45) is 9.81 Å². The van der Waals surface area contributed by atoms with Crippen molar-refractivity contribution < 1.29 is 13.5 Å². The van der Waals surface area contributed by atoms with Crippen LogP contribution in [0, 0.1) is 5.41 Å². The van der Waals surface area contributed by atoms with Gasteiger partial charge in [-0.05, 0) is 12.8 Å². The molecule has 0 aromatic heterocycles. The minimum absolute atomic E-state index is 0.118. The summed E-state index contributed by atoms with van der Waals surface area (Å²) in [6, 6.07) is 0. The van der Waals surface area contributed by atoms with E-state index in [4.69, 9.17) is 5.11 Å². The Hall–Kier alpha value is -0.420. The monoisotopic (exact) mass is 207 g/mol. The first-order valence-corrected chi connectivity index (χ1v) is 5.87. The fourth-order valence-electron chi connectivity index (χ4n) is 1.16. The van der Waals surface area contributed by atoms with E-state index in [1.807, 2.05) is 13.8 Å². The fourth-order valence-corrected chi connectivity index (χ4v) is 2.52. The minimum atomic E-state index is -3.46. The number of hydrogen-bond donors (Lipinski definition) is 1. The first-order chi connectivity index (χ1) is 5.95. The zero-order valence-electron chi connectivity index (χ0n) is 8.15. The molecule has 4 nitrogen and oxygen atoms in total. The van der Waals surface area contributed by atoms with E-state index >= 15 is 0 Å². The molecule has 0 aromatic carbocycles. The second-order valence-corrected chi connectivity index (χ2v) is 4.93. The largest absolute Gasteiger partial charge is 0.396 e. The second kappa shape index (κ2) is 4.72. The van der Waals surface area contributed by atoms with Gasteiger partial charge in [0, 0.05) is 18.7 Å². The van der Waals surface area contributed by atoms with Gasteiger partial charge in [0.25, 0.3) is 10.0 Å². The van der Waals surface area contributed by atoms with Gasteiger partial charge in [0.2, 0.25) is 0 Å². The molecule has 5 heteroatoms. The number of aliphatic hydroxyl groups is 1. The molecular weight excluding hydrogens is 190 g/mol. The molecule has 0 amide bonds. The Balaban J connectivity index is 4.70. The molecular formula is C8H17NO3S.